The first-order valence-corrected chi connectivity index (χ1v) is 6.16. The first kappa shape index (κ1) is 15.8. The van der Waals surface area contributed by atoms with E-state index in [-0.39, 0.29) is 6.10 Å². The summed E-state index contributed by atoms with van der Waals surface area (Å²) in [7, 11) is 0. The molecular weight excluding hydrogens is 206 g/mol. The number of hydrogen-bond acceptors (Lipinski definition) is 4. The predicted octanol–water partition coefficient (Wildman–Crippen LogP) is 1.31. The maximum Gasteiger partial charge on any atom is 0.0767 e. The van der Waals surface area contributed by atoms with Crippen LogP contribution in [0.4, 0.5) is 0 Å². The van der Waals surface area contributed by atoms with E-state index < -0.39 is 5.60 Å². The zero-order valence-corrected chi connectivity index (χ0v) is 10.9. The molecule has 1 atom stereocenters. The van der Waals surface area contributed by atoms with Gasteiger partial charge in [-0.25, -0.2) is 0 Å². The monoisotopic (exact) mass is 233 g/mol. The minimum absolute atomic E-state index is 0.256. The Kier molecular flexibility index (Phi) is 8.84. The van der Waals surface area contributed by atoms with E-state index in [2.05, 4.69) is 0 Å². The van der Waals surface area contributed by atoms with Crippen LogP contribution in [0.5, 0.6) is 0 Å². The number of ether oxygens (including phenoxy) is 2. The summed E-state index contributed by atoms with van der Waals surface area (Å²) in [4.78, 5) is 0. The van der Waals surface area contributed by atoms with Gasteiger partial charge in [0.05, 0.1) is 24.9 Å². The largest absolute Gasteiger partial charge is 0.389 e. The summed E-state index contributed by atoms with van der Waals surface area (Å²) in [5, 5.41) is 9.90. The van der Waals surface area contributed by atoms with Gasteiger partial charge in [-0.1, -0.05) is 6.92 Å². The van der Waals surface area contributed by atoms with E-state index in [1.165, 1.54) is 0 Å². The Labute approximate surface area is 99.1 Å². The van der Waals surface area contributed by atoms with Gasteiger partial charge in [-0.15, -0.1) is 0 Å². The highest BCUT2D eigenvalue weighted by atomic mass is 16.5. The van der Waals surface area contributed by atoms with Crippen molar-refractivity contribution in [2.45, 2.75) is 51.7 Å². The molecule has 0 spiro atoms. The average molecular weight is 233 g/mol. The number of nitrogens with two attached hydrogens (primary N) is 1. The van der Waals surface area contributed by atoms with Gasteiger partial charge in [-0.3, -0.25) is 0 Å². The van der Waals surface area contributed by atoms with Crippen molar-refractivity contribution in [3.8, 4) is 0 Å². The molecule has 0 bridgehead atoms. The molecule has 0 aliphatic heterocycles. The van der Waals surface area contributed by atoms with Crippen molar-refractivity contribution in [1.82, 2.24) is 0 Å². The Morgan fingerprint density at radius 1 is 1.25 bits per heavy atom. The molecule has 3 N–H and O–H groups in total. The van der Waals surface area contributed by atoms with Crippen molar-refractivity contribution in [2.75, 3.05) is 26.4 Å². The summed E-state index contributed by atoms with van der Waals surface area (Å²) >= 11 is 0. The van der Waals surface area contributed by atoms with Crippen LogP contribution in [0.2, 0.25) is 0 Å². The molecule has 0 saturated carbocycles. The normalized spacial score (nSPS) is 15.4. The molecule has 0 amide bonds. The summed E-state index contributed by atoms with van der Waals surface area (Å²) in [5.41, 5.74) is 4.79. The molecule has 4 heteroatoms. The Hall–Kier alpha value is -0.160. The van der Waals surface area contributed by atoms with Gasteiger partial charge in [0.1, 0.15) is 0 Å². The van der Waals surface area contributed by atoms with Crippen LogP contribution in [0.15, 0.2) is 0 Å². The Bertz CT molecular complexity index is 158. The van der Waals surface area contributed by atoms with Crippen molar-refractivity contribution in [3.63, 3.8) is 0 Å². The fourth-order valence-corrected chi connectivity index (χ4v) is 1.37. The summed E-state index contributed by atoms with van der Waals surface area (Å²) < 4.78 is 10.7. The standard InChI is InChI=1S/C12H27NO3/c1-4-12(14,10-13)6-5-7-15-8-9-16-11(2)3/h11,14H,4-10,13H2,1-3H3. The minimum atomic E-state index is -0.711. The van der Waals surface area contributed by atoms with Gasteiger partial charge in [0, 0.05) is 13.2 Å². The third-order valence-corrected chi connectivity index (χ3v) is 2.65. The number of rotatable bonds is 10. The highest BCUT2D eigenvalue weighted by Gasteiger charge is 2.21. The molecule has 0 aliphatic carbocycles. The van der Waals surface area contributed by atoms with E-state index in [0.717, 1.165) is 6.42 Å². The fraction of sp³-hybridized carbons (Fsp3) is 1.00. The van der Waals surface area contributed by atoms with E-state index in [0.29, 0.717) is 39.2 Å². The second-order valence-corrected chi connectivity index (χ2v) is 4.42. The smallest absolute Gasteiger partial charge is 0.0767 e. The van der Waals surface area contributed by atoms with Crippen LogP contribution in [0.1, 0.15) is 40.0 Å². The van der Waals surface area contributed by atoms with Crippen LogP contribution >= 0.6 is 0 Å². The van der Waals surface area contributed by atoms with Gasteiger partial charge in [0.2, 0.25) is 0 Å². The number of hydrogen-bond donors (Lipinski definition) is 2. The van der Waals surface area contributed by atoms with Crippen molar-refractivity contribution in [1.29, 1.82) is 0 Å². The Balaban J connectivity index is 3.33. The Morgan fingerprint density at radius 3 is 2.44 bits per heavy atom. The molecule has 1 unspecified atom stereocenters. The van der Waals surface area contributed by atoms with Crippen LogP contribution in [-0.4, -0.2) is 43.2 Å². The summed E-state index contributed by atoms with van der Waals surface area (Å²) in [6.07, 6.45) is 2.49. The lowest BCUT2D eigenvalue weighted by atomic mass is 9.95. The maximum atomic E-state index is 9.90. The highest BCUT2D eigenvalue weighted by Crippen LogP contribution is 2.15. The van der Waals surface area contributed by atoms with Gasteiger partial charge in [-0.05, 0) is 33.1 Å². The molecule has 0 radical (unpaired) electrons. The summed E-state index contributed by atoms with van der Waals surface area (Å²) in [6, 6.07) is 0. The lowest BCUT2D eigenvalue weighted by Crippen LogP contribution is -2.37. The summed E-state index contributed by atoms with van der Waals surface area (Å²) in [6.45, 7) is 8.18. The van der Waals surface area contributed by atoms with E-state index in [9.17, 15) is 5.11 Å². The van der Waals surface area contributed by atoms with Crippen LogP contribution in [0, 0.1) is 0 Å². The minimum Gasteiger partial charge on any atom is -0.389 e. The molecular formula is C12H27NO3. The first-order valence-electron chi connectivity index (χ1n) is 6.16. The van der Waals surface area contributed by atoms with E-state index in [4.69, 9.17) is 15.2 Å². The van der Waals surface area contributed by atoms with Crippen molar-refractivity contribution in [2.24, 2.45) is 5.73 Å². The molecule has 0 saturated heterocycles. The third kappa shape index (κ3) is 8.05. The topological polar surface area (TPSA) is 64.7 Å². The van der Waals surface area contributed by atoms with E-state index in [1.807, 2.05) is 20.8 Å². The number of aliphatic hydroxyl groups is 1. The molecule has 0 aromatic rings. The lowest BCUT2D eigenvalue weighted by Gasteiger charge is -2.24. The van der Waals surface area contributed by atoms with Crippen LogP contribution in [0.3, 0.4) is 0 Å². The quantitative estimate of drug-likeness (QED) is 0.558. The molecule has 0 heterocycles. The maximum absolute atomic E-state index is 9.90. The van der Waals surface area contributed by atoms with Crippen molar-refractivity contribution in [3.05, 3.63) is 0 Å². The molecule has 98 valence electrons. The zero-order chi connectivity index (χ0) is 12.4. The van der Waals surface area contributed by atoms with Crippen molar-refractivity contribution >= 4 is 0 Å². The van der Waals surface area contributed by atoms with Crippen LogP contribution in [-0.2, 0) is 9.47 Å². The molecule has 16 heavy (non-hydrogen) atoms. The molecule has 0 aromatic heterocycles. The van der Waals surface area contributed by atoms with Gasteiger partial charge in [0.15, 0.2) is 0 Å². The molecule has 0 aliphatic rings. The predicted molar refractivity (Wildman–Crippen MR) is 65.4 cm³/mol. The SMILES string of the molecule is CCC(O)(CN)CCCOCCOC(C)C. The van der Waals surface area contributed by atoms with Gasteiger partial charge < -0.3 is 20.3 Å². The summed E-state index contributed by atoms with van der Waals surface area (Å²) in [5.74, 6) is 0. The second-order valence-electron chi connectivity index (χ2n) is 4.42. The van der Waals surface area contributed by atoms with Crippen LogP contribution < -0.4 is 5.73 Å². The van der Waals surface area contributed by atoms with E-state index >= 15 is 0 Å². The van der Waals surface area contributed by atoms with Crippen molar-refractivity contribution < 1.29 is 14.6 Å². The van der Waals surface area contributed by atoms with E-state index in [1.54, 1.807) is 0 Å². The van der Waals surface area contributed by atoms with Gasteiger partial charge in [0.25, 0.3) is 0 Å². The Morgan fingerprint density at radius 2 is 1.94 bits per heavy atom. The second kappa shape index (κ2) is 8.93. The lowest BCUT2D eigenvalue weighted by molar-refractivity contribution is 0.00349. The highest BCUT2D eigenvalue weighted by molar-refractivity contribution is 4.77. The van der Waals surface area contributed by atoms with Crippen LogP contribution in [0.25, 0.3) is 0 Å². The molecule has 4 nitrogen and oxygen atoms in total. The molecule has 0 rings (SSSR count). The molecule has 0 aromatic carbocycles. The third-order valence-electron chi connectivity index (χ3n) is 2.65. The fourth-order valence-electron chi connectivity index (χ4n) is 1.37. The zero-order valence-electron chi connectivity index (χ0n) is 10.9. The van der Waals surface area contributed by atoms with Gasteiger partial charge in [-0.2, -0.15) is 0 Å². The first-order chi connectivity index (χ1) is 7.54. The van der Waals surface area contributed by atoms with Gasteiger partial charge >= 0.3 is 0 Å². The molecule has 0 fully saturated rings. The average Bonchev–Trinajstić information content (AvgIpc) is 2.27.